The van der Waals surface area contributed by atoms with Crippen LogP contribution in [0, 0.1) is 0 Å². The maximum Gasteiger partial charge on any atom is 0.157 e. The Labute approximate surface area is 89.8 Å². The summed E-state index contributed by atoms with van der Waals surface area (Å²) in [5.41, 5.74) is 1.65. The Morgan fingerprint density at radius 2 is 2.13 bits per heavy atom. The highest BCUT2D eigenvalue weighted by molar-refractivity contribution is 7.78. The molecule has 1 aromatic heterocycles. The molecule has 1 atom stereocenters. The molecule has 15 heavy (non-hydrogen) atoms. The molecule has 0 aliphatic heterocycles. The normalized spacial score (nSPS) is 12.6. The van der Waals surface area contributed by atoms with E-state index in [2.05, 4.69) is 5.10 Å². The average Bonchev–Trinajstić information content (AvgIpc) is 2.70. The van der Waals surface area contributed by atoms with E-state index in [4.69, 9.17) is 4.55 Å². The van der Waals surface area contributed by atoms with Crippen LogP contribution in [-0.2, 0) is 16.8 Å². The first-order valence-electron chi connectivity index (χ1n) is 4.43. The topological polar surface area (TPSA) is 55.1 Å². The van der Waals surface area contributed by atoms with Crippen LogP contribution in [0.1, 0.15) is 5.56 Å². The van der Waals surface area contributed by atoms with E-state index in [1.165, 1.54) is 0 Å². The van der Waals surface area contributed by atoms with Crippen molar-refractivity contribution in [3.8, 4) is 5.69 Å². The molecule has 5 heteroatoms. The van der Waals surface area contributed by atoms with Crippen LogP contribution in [0.5, 0.6) is 0 Å². The van der Waals surface area contributed by atoms with Gasteiger partial charge >= 0.3 is 0 Å². The van der Waals surface area contributed by atoms with E-state index in [1.54, 1.807) is 17.1 Å². The molecule has 0 aliphatic carbocycles. The predicted molar refractivity (Wildman–Crippen MR) is 58.0 cm³/mol. The van der Waals surface area contributed by atoms with E-state index >= 15 is 0 Å². The van der Waals surface area contributed by atoms with E-state index in [-0.39, 0.29) is 5.75 Å². The molecule has 0 amide bonds. The Kier molecular flexibility index (Phi) is 2.94. The van der Waals surface area contributed by atoms with Gasteiger partial charge in [-0.15, -0.1) is 0 Å². The fraction of sp³-hybridized carbons (Fsp3) is 0.100. The lowest BCUT2D eigenvalue weighted by molar-refractivity contribution is 0.563. The van der Waals surface area contributed by atoms with E-state index in [9.17, 15) is 4.21 Å². The van der Waals surface area contributed by atoms with Crippen molar-refractivity contribution in [2.45, 2.75) is 5.75 Å². The average molecular weight is 222 g/mol. The van der Waals surface area contributed by atoms with Crippen LogP contribution < -0.4 is 0 Å². The van der Waals surface area contributed by atoms with Crippen molar-refractivity contribution in [3.63, 3.8) is 0 Å². The lowest BCUT2D eigenvalue weighted by Gasteiger charge is -2.07. The Balaban J connectivity index is 2.42. The number of hydrogen-bond donors (Lipinski definition) is 1. The Bertz CT molecular complexity index is 468. The number of hydrogen-bond acceptors (Lipinski definition) is 2. The summed E-state index contributed by atoms with van der Waals surface area (Å²) >= 11 is -1.83. The van der Waals surface area contributed by atoms with E-state index in [1.807, 2.05) is 30.3 Å². The summed E-state index contributed by atoms with van der Waals surface area (Å²) in [7, 11) is 0. The molecule has 78 valence electrons. The Morgan fingerprint density at radius 1 is 1.33 bits per heavy atom. The zero-order chi connectivity index (χ0) is 10.7. The first-order valence-corrected chi connectivity index (χ1v) is 5.70. The lowest BCUT2D eigenvalue weighted by atomic mass is 10.2. The Morgan fingerprint density at radius 3 is 2.80 bits per heavy atom. The zero-order valence-corrected chi connectivity index (χ0v) is 8.72. The van der Waals surface area contributed by atoms with Gasteiger partial charge in [0.05, 0.1) is 11.4 Å². The van der Waals surface area contributed by atoms with Crippen molar-refractivity contribution in [2.75, 3.05) is 0 Å². The molecule has 2 rings (SSSR count). The molecule has 0 bridgehead atoms. The van der Waals surface area contributed by atoms with Crippen molar-refractivity contribution < 1.29 is 8.76 Å². The van der Waals surface area contributed by atoms with E-state index in [0.29, 0.717) is 0 Å². The molecular formula is C10H10N2O2S. The molecule has 2 aromatic rings. The minimum Gasteiger partial charge on any atom is -0.306 e. The minimum atomic E-state index is -1.83. The van der Waals surface area contributed by atoms with Gasteiger partial charge in [-0.05, 0) is 17.7 Å². The van der Waals surface area contributed by atoms with Gasteiger partial charge in [-0.25, -0.2) is 8.89 Å². The molecule has 0 radical (unpaired) electrons. The van der Waals surface area contributed by atoms with Gasteiger partial charge in [-0.3, -0.25) is 0 Å². The third kappa shape index (κ3) is 2.31. The first kappa shape index (κ1) is 10.1. The molecule has 4 nitrogen and oxygen atoms in total. The van der Waals surface area contributed by atoms with Gasteiger partial charge in [0.25, 0.3) is 0 Å². The molecule has 0 spiro atoms. The highest BCUT2D eigenvalue weighted by Gasteiger charge is 2.06. The van der Waals surface area contributed by atoms with Crippen LogP contribution in [0.4, 0.5) is 0 Å². The highest BCUT2D eigenvalue weighted by atomic mass is 32.2. The van der Waals surface area contributed by atoms with Crippen LogP contribution in [0.15, 0.2) is 42.7 Å². The monoisotopic (exact) mass is 222 g/mol. The van der Waals surface area contributed by atoms with Crippen LogP contribution >= 0.6 is 0 Å². The fourth-order valence-corrected chi connectivity index (χ4v) is 1.91. The van der Waals surface area contributed by atoms with Gasteiger partial charge in [-0.1, -0.05) is 18.2 Å². The summed E-state index contributed by atoms with van der Waals surface area (Å²) in [6, 6.07) is 9.23. The number of benzene rings is 1. The maximum atomic E-state index is 10.8. The summed E-state index contributed by atoms with van der Waals surface area (Å²) in [6.45, 7) is 0. The van der Waals surface area contributed by atoms with Crippen LogP contribution in [-0.4, -0.2) is 18.5 Å². The Hall–Kier alpha value is -1.46. The third-order valence-electron chi connectivity index (χ3n) is 2.02. The minimum absolute atomic E-state index is 0.121. The van der Waals surface area contributed by atoms with Crippen LogP contribution in [0.2, 0.25) is 0 Å². The van der Waals surface area contributed by atoms with Gasteiger partial charge in [0.2, 0.25) is 0 Å². The first-order chi connectivity index (χ1) is 7.27. The third-order valence-corrected chi connectivity index (χ3v) is 2.58. The largest absolute Gasteiger partial charge is 0.306 e. The lowest BCUT2D eigenvalue weighted by Crippen LogP contribution is -2.02. The number of rotatable bonds is 3. The summed E-state index contributed by atoms with van der Waals surface area (Å²) in [4.78, 5) is 0. The van der Waals surface area contributed by atoms with Gasteiger partial charge < -0.3 is 4.55 Å². The summed E-state index contributed by atoms with van der Waals surface area (Å²) in [5.74, 6) is 0.121. The van der Waals surface area contributed by atoms with E-state index in [0.717, 1.165) is 11.3 Å². The fourth-order valence-electron chi connectivity index (χ4n) is 1.40. The quantitative estimate of drug-likeness (QED) is 0.802. The molecule has 0 saturated heterocycles. The molecule has 1 aromatic carbocycles. The molecule has 1 heterocycles. The molecule has 1 unspecified atom stereocenters. The van der Waals surface area contributed by atoms with E-state index < -0.39 is 11.1 Å². The smallest absolute Gasteiger partial charge is 0.157 e. The van der Waals surface area contributed by atoms with Gasteiger partial charge in [0, 0.05) is 12.4 Å². The molecule has 0 aliphatic rings. The van der Waals surface area contributed by atoms with Gasteiger partial charge in [-0.2, -0.15) is 5.10 Å². The zero-order valence-electron chi connectivity index (χ0n) is 7.91. The summed E-state index contributed by atoms with van der Waals surface area (Å²) in [5, 5.41) is 4.09. The second-order valence-electron chi connectivity index (χ2n) is 3.05. The SMILES string of the molecule is O=S(O)Cc1ccccc1-n1cccn1. The van der Waals surface area contributed by atoms with Crippen LogP contribution in [0.25, 0.3) is 5.69 Å². The number of aromatic nitrogens is 2. The number of nitrogens with zero attached hydrogens (tertiary/aromatic N) is 2. The maximum absolute atomic E-state index is 10.8. The second kappa shape index (κ2) is 4.37. The molecule has 0 fully saturated rings. The van der Waals surface area contributed by atoms with Crippen molar-refractivity contribution in [1.29, 1.82) is 0 Å². The standard InChI is InChI=1S/C10H10N2O2S/c13-15(14)8-9-4-1-2-5-10(9)12-7-3-6-11-12/h1-7H,8H2,(H,13,14). The van der Waals surface area contributed by atoms with Crippen molar-refractivity contribution in [3.05, 3.63) is 48.3 Å². The summed E-state index contributed by atoms with van der Waals surface area (Å²) in [6.07, 6.45) is 3.48. The van der Waals surface area contributed by atoms with Crippen molar-refractivity contribution >= 4 is 11.1 Å². The molecular weight excluding hydrogens is 212 g/mol. The highest BCUT2D eigenvalue weighted by Crippen LogP contribution is 2.14. The molecule has 1 N–H and O–H groups in total. The number of para-hydroxylation sites is 1. The van der Waals surface area contributed by atoms with Gasteiger partial charge in [0.15, 0.2) is 11.1 Å². The van der Waals surface area contributed by atoms with Gasteiger partial charge in [0.1, 0.15) is 0 Å². The van der Waals surface area contributed by atoms with Crippen LogP contribution in [0.3, 0.4) is 0 Å². The van der Waals surface area contributed by atoms with Crippen molar-refractivity contribution in [2.24, 2.45) is 0 Å². The van der Waals surface area contributed by atoms with Crippen molar-refractivity contribution in [1.82, 2.24) is 9.78 Å². The summed E-state index contributed by atoms with van der Waals surface area (Å²) < 4.78 is 21.3. The molecule has 0 saturated carbocycles. The predicted octanol–water partition coefficient (Wildman–Crippen LogP) is 1.59. The second-order valence-corrected chi connectivity index (χ2v) is 3.98.